The van der Waals surface area contributed by atoms with Gasteiger partial charge in [-0.3, -0.25) is 0 Å². The normalized spacial score (nSPS) is 15.3. The van der Waals surface area contributed by atoms with Crippen molar-refractivity contribution < 1.29 is 17.5 Å². The van der Waals surface area contributed by atoms with E-state index in [2.05, 4.69) is 4.90 Å². The van der Waals surface area contributed by atoms with Crippen molar-refractivity contribution in [3.8, 4) is 17.0 Å². The minimum Gasteiger partial charge on any atom is -0.494 e. The Bertz CT molecular complexity index is 1160. The van der Waals surface area contributed by atoms with Crippen LogP contribution in [0.4, 0.5) is 9.52 Å². The lowest BCUT2D eigenvalue weighted by Gasteiger charge is -2.31. The minimum atomic E-state index is -3.56. The van der Waals surface area contributed by atoms with Crippen LogP contribution >= 0.6 is 22.9 Å². The highest BCUT2D eigenvalue weighted by molar-refractivity contribution is 7.92. The van der Waals surface area contributed by atoms with E-state index in [1.54, 1.807) is 11.3 Å². The Morgan fingerprint density at radius 2 is 1.90 bits per heavy atom. The number of piperidine rings is 1. The number of halogens is 2. The molecular formula is C22H22ClFN2O3S2. The summed E-state index contributed by atoms with van der Waals surface area (Å²) in [7, 11) is -3.56. The van der Waals surface area contributed by atoms with Crippen molar-refractivity contribution in [1.29, 1.82) is 0 Å². The van der Waals surface area contributed by atoms with Gasteiger partial charge in [-0.05, 0) is 62.2 Å². The monoisotopic (exact) mass is 480 g/mol. The summed E-state index contributed by atoms with van der Waals surface area (Å²) in [5, 5.41) is 2.19. The first-order valence-electron chi connectivity index (χ1n) is 10.0. The predicted octanol–water partition coefficient (Wildman–Crippen LogP) is 5.44. The SMILES string of the molecule is CCOc1ccc(-c2csc(N3CCC(S(=O)(=O)c4ccc(F)c(Cl)c4)CC3)n2)cc1. The molecule has 5 nitrogen and oxygen atoms in total. The molecule has 0 unspecified atom stereocenters. The fourth-order valence-corrected chi connectivity index (χ4v) is 6.52. The molecule has 9 heteroatoms. The second-order valence-corrected chi connectivity index (χ2v) is 10.8. The second kappa shape index (κ2) is 9.14. The number of benzene rings is 2. The van der Waals surface area contributed by atoms with Crippen LogP contribution in [0, 0.1) is 5.82 Å². The van der Waals surface area contributed by atoms with E-state index in [9.17, 15) is 12.8 Å². The standard InChI is InChI=1S/C22H22ClFN2O3S2/c1-2-29-16-5-3-15(4-6-16)21-14-30-22(25-21)26-11-9-17(10-12-26)31(27,28)18-7-8-20(24)19(23)13-18/h3-8,13-14,17H,2,9-12H2,1H3. The van der Waals surface area contributed by atoms with Gasteiger partial charge in [-0.1, -0.05) is 11.6 Å². The molecule has 31 heavy (non-hydrogen) atoms. The summed E-state index contributed by atoms with van der Waals surface area (Å²) in [4.78, 5) is 6.93. The molecule has 1 aromatic heterocycles. The molecule has 0 bridgehead atoms. The van der Waals surface area contributed by atoms with Crippen molar-refractivity contribution in [3.05, 3.63) is 58.7 Å². The number of anilines is 1. The molecule has 0 spiro atoms. The predicted molar refractivity (Wildman–Crippen MR) is 123 cm³/mol. The van der Waals surface area contributed by atoms with E-state index in [4.69, 9.17) is 21.3 Å². The summed E-state index contributed by atoms with van der Waals surface area (Å²) in [6.07, 6.45) is 0.963. The number of aromatic nitrogens is 1. The molecule has 1 aliphatic rings. The summed E-state index contributed by atoms with van der Waals surface area (Å²) in [6.45, 7) is 3.76. The zero-order chi connectivity index (χ0) is 22.0. The molecule has 0 saturated carbocycles. The molecule has 0 N–H and O–H groups in total. The van der Waals surface area contributed by atoms with E-state index in [1.807, 2.05) is 36.6 Å². The first-order valence-corrected chi connectivity index (χ1v) is 12.8. The maximum atomic E-state index is 13.4. The Morgan fingerprint density at radius 1 is 1.19 bits per heavy atom. The molecule has 1 aliphatic heterocycles. The molecule has 0 radical (unpaired) electrons. The summed E-state index contributed by atoms with van der Waals surface area (Å²) in [6, 6.07) is 11.4. The van der Waals surface area contributed by atoms with Gasteiger partial charge in [-0.15, -0.1) is 11.3 Å². The highest BCUT2D eigenvalue weighted by atomic mass is 35.5. The summed E-state index contributed by atoms with van der Waals surface area (Å²) in [5.74, 6) is 0.204. The van der Waals surface area contributed by atoms with Gasteiger partial charge >= 0.3 is 0 Å². The van der Waals surface area contributed by atoms with Crippen molar-refractivity contribution >= 4 is 37.9 Å². The average Bonchev–Trinajstić information content (AvgIpc) is 3.27. The Labute approximate surface area is 190 Å². The van der Waals surface area contributed by atoms with Crippen LogP contribution in [0.5, 0.6) is 5.75 Å². The Kier molecular flexibility index (Phi) is 6.50. The zero-order valence-electron chi connectivity index (χ0n) is 16.9. The van der Waals surface area contributed by atoms with Gasteiger partial charge in [0, 0.05) is 24.0 Å². The van der Waals surface area contributed by atoms with Gasteiger partial charge in [-0.25, -0.2) is 17.8 Å². The molecular weight excluding hydrogens is 459 g/mol. The number of thiazole rings is 1. The summed E-state index contributed by atoms with van der Waals surface area (Å²) >= 11 is 7.33. The molecule has 2 aromatic carbocycles. The first-order chi connectivity index (χ1) is 14.9. The minimum absolute atomic E-state index is 0.0735. The van der Waals surface area contributed by atoms with Crippen molar-refractivity contribution in [2.24, 2.45) is 0 Å². The third kappa shape index (κ3) is 4.71. The lowest BCUT2D eigenvalue weighted by atomic mass is 10.1. The van der Waals surface area contributed by atoms with Crippen LogP contribution in [-0.2, 0) is 9.84 Å². The molecule has 2 heterocycles. The Hall–Kier alpha value is -2.16. The third-order valence-electron chi connectivity index (χ3n) is 5.32. The number of hydrogen-bond acceptors (Lipinski definition) is 6. The lowest BCUT2D eigenvalue weighted by Crippen LogP contribution is -2.39. The van der Waals surface area contributed by atoms with Gasteiger partial charge < -0.3 is 9.64 Å². The lowest BCUT2D eigenvalue weighted by molar-refractivity contribution is 0.340. The van der Waals surface area contributed by atoms with Gasteiger partial charge in [0.05, 0.1) is 27.5 Å². The molecule has 1 saturated heterocycles. The highest BCUT2D eigenvalue weighted by Gasteiger charge is 2.32. The van der Waals surface area contributed by atoms with Crippen LogP contribution in [0.2, 0.25) is 5.02 Å². The summed E-state index contributed by atoms with van der Waals surface area (Å²) in [5.41, 5.74) is 1.90. The smallest absolute Gasteiger partial charge is 0.185 e. The van der Waals surface area contributed by atoms with E-state index in [0.29, 0.717) is 32.5 Å². The number of sulfone groups is 1. The third-order valence-corrected chi connectivity index (χ3v) is 8.78. The number of nitrogens with zero attached hydrogens (tertiary/aromatic N) is 2. The molecule has 0 amide bonds. The van der Waals surface area contributed by atoms with Crippen LogP contribution in [0.3, 0.4) is 0 Å². The molecule has 3 aromatic rings. The molecule has 1 fully saturated rings. The molecule has 0 atom stereocenters. The fraction of sp³-hybridized carbons (Fsp3) is 0.318. The molecule has 0 aliphatic carbocycles. The van der Waals surface area contributed by atoms with Crippen LogP contribution in [0.1, 0.15) is 19.8 Å². The highest BCUT2D eigenvalue weighted by Crippen LogP contribution is 2.33. The van der Waals surface area contributed by atoms with Crippen LogP contribution < -0.4 is 9.64 Å². The van der Waals surface area contributed by atoms with E-state index in [0.717, 1.165) is 28.2 Å². The second-order valence-electron chi connectivity index (χ2n) is 7.28. The quantitative estimate of drug-likeness (QED) is 0.439. The van der Waals surface area contributed by atoms with E-state index in [1.165, 1.54) is 12.1 Å². The van der Waals surface area contributed by atoms with Crippen LogP contribution in [0.15, 0.2) is 52.7 Å². The van der Waals surface area contributed by atoms with Crippen LogP contribution in [-0.4, -0.2) is 38.3 Å². The molecule has 4 rings (SSSR count). The van der Waals surface area contributed by atoms with Gasteiger partial charge in [-0.2, -0.15) is 0 Å². The zero-order valence-corrected chi connectivity index (χ0v) is 19.3. The number of rotatable bonds is 6. The largest absolute Gasteiger partial charge is 0.494 e. The van der Waals surface area contributed by atoms with Crippen molar-refractivity contribution in [2.45, 2.75) is 29.9 Å². The Morgan fingerprint density at radius 3 is 2.55 bits per heavy atom. The van der Waals surface area contributed by atoms with Crippen LogP contribution in [0.25, 0.3) is 11.3 Å². The Balaban J connectivity index is 1.42. The van der Waals surface area contributed by atoms with E-state index < -0.39 is 20.9 Å². The first kappa shape index (κ1) is 22.0. The fourth-order valence-electron chi connectivity index (χ4n) is 3.63. The maximum absolute atomic E-state index is 13.4. The van der Waals surface area contributed by atoms with Gasteiger partial charge in [0.2, 0.25) is 0 Å². The maximum Gasteiger partial charge on any atom is 0.185 e. The average molecular weight is 481 g/mol. The van der Waals surface area contributed by atoms with Gasteiger partial charge in [0.25, 0.3) is 0 Å². The summed E-state index contributed by atoms with van der Waals surface area (Å²) < 4.78 is 44.7. The number of ether oxygens (including phenoxy) is 1. The number of hydrogen-bond donors (Lipinski definition) is 0. The van der Waals surface area contributed by atoms with E-state index in [-0.39, 0.29) is 9.92 Å². The van der Waals surface area contributed by atoms with Gasteiger partial charge in [0.15, 0.2) is 15.0 Å². The topological polar surface area (TPSA) is 59.5 Å². The van der Waals surface area contributed by atoms with Crippen molar-refractivity contribution in [2.75, 3.05) is 24.6 Å². The van der Waals surface area contributed by atoms with Crippen molar-refractivity contribution in [3.63, 3.8) is 0 Å². The molecule has 164 valence electrons. The van der Waals surface area contributed by atoms with Crippen molar-refractivity contribution in [1.82, 2.24) is 4.98 Å². The van der Waals surface area contributed by atoms with Gasteiger partial charge in [0.1, 0.15) is 11.6 Å². The van der Waals surface area contributed by atoms with E-state index >= 15 is 0 Å².